The molecule has 0 bridgehead atoms. The Bertz CT molecular complexity index is 610. The average molecular weight is 312 g/mol. The Labute approximate surface area is 111 Å². The van der Waals surface area contributed by atoms with E-state index >= 15 is 0 Å². The van der Waals surface area contributed by atoms with Crippen LogP contribution < -0.4 is 0 Å². The van der Waals surface area contributed by atoms with Gasteiger partial charge in [0.2, 0.25) is 0 Å². The van der Waals surface area contributed by atoms with E-state index in [0.29, 0.717) is 0 Å². The molecule has 0 amide bonds. The van der Waals surface area contributed by atoms with E-state index in [1.54, 1.807) is 12.1 Å². The van der Waals surface area contributed by atoms with Gasteiger partial charge in [-0.15, -0.1) is 0 Å². The first-order valence-electron chi connectivity index (χ1n) is 5.04. The van der Waals surface area contributed by atoms with Gasteiger partial charge in [-0.1, -0.05) is 28.1 Å². The number of aliphatic imine (C=N–C) groups is 1. The summed E-state index contributed by atoms with van der Waals surface area (Å²) >= 11 is 3.23. The Morgan fingerprint density at radius 3 is 2.72 bits per heavy atom. The molecule has 0 atom stereocenters. The summed E-state index contributed by atoms with van der Waals surface area (Å²) in [6, 6.07) is 8.50. The summed E-state index contributed by atoms with van der Waals surface area (Å²) in [7, 11) is 0. The van der Waals surface area contributed by atoms with E-state index in [0.717, 1.165) is 10.5 Å². The first-order valence-corrected chi connectivity index (χ1v) is 5.84. The Kier molecular flexibility index (Phi) is 3.72. The van der Waals surface area contributed by atoms with Crippen molar-refractivity contribution in [3.05, 3.63) is 58.1 Å². The highest BCUT2D eigenvalue weighted by atomic mass is 79.9. The fourth-order valence-corrected chi connectivity index (χ4v) is 1.71. The number of nitrogens with zero attached hydrogens (tertiary/aromatic N) is 1. The van der Waals surface area contributed by atoms with Crippen LogP contribution in [0.25, 0.3) is 0 Å². The van der Waals surface area contributed by atoms with Gasteiger partial charge in [0.1, 0.15) is 11.4 Å². The van der Waals surface area contributed by atoms with E-state index < -0.39 is 11.6 Å². The predicted molar refractivity (Wildman–Crippen MR) is 69.4 cm³/mol. The zero-order chi connectivity index (χ0) is 13.1. The Hall–Kier alpha value is -1.75. The second-order valence-electron chi connectivity index (χ2n) is 3.53. The molecule has 2 nitrogen and oxygen atoms in total. The minimum Gasteiger partial charge on any atom is -0.506 e. The zero-order valence-electron chi connectivity index (χ0n) is 9.07. The topological polar surface area (TPSA) is 32.6 Å². The Morgan fingerprint density at radius 1 is 1.17 bits per heavy atom. The van der Waals surface area contributed by atoms with Gasteiger partial charge in [0.25, 0.3) is 0 Å². The van der Waals surface area contributed by atoms with Gasteiger partial charge in [0, 0.05) is 16.3 Å². The molecule has 18 heavy (non-hydrogen) atoms. The van der Waals surface area contributed by atoms with E-state index in [1.807, 2.05) is 0 Å². The third-order valence-electron chi connectivity index (χ3n) is 2.26. The molecule has 0 saturated heterocycles. The molecular formula is C13H8BrF2NO. The van der Waals surface area contributed by atoms with E-state index in [4.69, 9.17) is 0 Å². The van der Waals surface area contributed by atoms with Gasteiger partial charge >= 0.3 is 0 Å². The molecule has 0 aromatic heterocycles. The van der Waals surface area contributed by atoms with Crippen molar-refractivity contribution < 1.29 is 13.9 Å². The van der Waals surface area contributed by atoms with Crippen LogP contribution in [0.1, 0.15) is 5.56 Å². The molecule has 0 unspecified atom stereocenters. The SMILES string of the molecule is Oc1ccc(Br)cc1N=Cc1cccc(F)c1F. The highest BCUT2D eigenvalue weighted by Gasteiger charge is 2.05. The third kappa shape index (κ3) is 2.73. The van der Waals surface area contributed by atoms with E-state index in [9.17, 15) is 13.9 Å². The molecule has 0 fully saturated rings. The van der Waals surface area contributed by atoms with E-state index in [2.05, 4.69) is 20.9 Å². The maximum Gasteiger partial charge on any atom is 0.167 e. The normalized spacial score (nSPS) is 11.1. The second-order valence-corrected chi connectivity index (χ2v) is 4.45. The number of rotatable bonds is 2. The van der Waals surface area contributed by atoms with Crippen LogP contribution in [-0.2, 0) is 0 Å². The molecule has 0 aliphatic rings. The standard InChI is InChI=1S/C13H8BrF2NO/c14-9-4-5-12(18)11(6-9)17-7-8-2-1-3-10(15)13(8)16/h1-7,18H. The number of phenolic OH excluding ortho intramolecular Hbond substituents is 1. The first-order chi connectivity index (χ1) is 8.58. The van der Waals surface area contributed by atoms with Gasteiger partial charge in [-0.25, -0.2) is 8.78 Å². The fraction of sp³-hybridized carbons (Fsp3) is 0. The lowest BCUT2D eigenvalue weighted by molar-refractivity contribution is 0.477. The Morgan fingerprint density at radius 2 is 1.94 bits per heavy atom. The van der Waals surface area contributed by atoms with Crippen molar-refractivity contribution in [2.75, 3.05) is 0 Å². The molecule has 0 saturated carbocycles. The number of halogens is 3. The van der Waals surface area contributed by atoms with Gasteiger partial charge in [-0.3, -0.25) is 4.99 Å². The van der Waals surface area contributed by atoms with Crippen LogP contribution in [0.2, 0.25) is 0 Å². The smallest absolute Gasteiger partial charge is 0.167 e. The van der Waals surface area contributed by atoms with Crippen LogP contribution >= 0.6 is 15.9 Å². The monoisotopic (exact) mass is 311 g/mol. The summed E-state index contributed by atoms with van der Waals surface area (Å²) in [5.41, 5.74) is 0.294. The van der Waals surface area contributed by atoms with E-state index in [-0.39, 0.29) is 17.0 Å². The summed E-state index contributed by atoms with van der Waals surface area (Å²) in [5.74, 6) is -1.93. The maximum atomic E-state index is 13.3. The maximum absolute atomic E-state index is 13.3. The third-order valence-corrected chi connectivity index (χ3v) is 2.75. The average Bonchev–Trinajstić information content (AvgIpc) is 2.35. The van der Waals surface area contributed by atoms with Gasteiger partial charge in [0.05, 0.1) is 0 Å². The van der Waals surface area contributed by atoms with Crippen LogP contribution in [-0.4, -0.2) is 11.3 Å². The minimum absolute atomic E-state index is 0.0226. The molecule has 0 aliphatic heterocycles. The van der Waals surface area contributed by atoms with Crippen LogP contribution in [0.3, 0.4) is 0 Å². The van der Waals surface area contributed by atoms with E-state index in [1.165, 1.54) is 24.4 Å². The van der Waals surface area contributed by atoms with Crippen molar-refractivity contribution in [3.8, 4) is 5.75 Å². The molecule has 92 valence electrons. The highest BCUT2D eigenvalue weighted by molar-refractivity contribution is 9.10. The summed E-state index contributed by atoms with van der Waals surface area (Å²) < 4.78 is 27.0. The molecule has 5 heteroatoms. The lowest BCUT2D eigenvalue weighted by Crippen LogP contribution is -1.91. The van der Waals surface area contributed by atoms with Crippen LogP contribution in [0, 0.1) is 11.6 Å². The number of hydrogen-bond donors (Lipinski definition) is 1. The minimum atomic E-state index is -0.962. The highest BCUT2D eigenvalue weighted by Crippen LogP contribution is 2.29. The van der Waals surface area contributed by atoms with Crippen molar-refractivity contribution in [3.63, 3.8) is 0 Å². The number of benzene rings is 2. The van der Waals surface area contributed by atoms with Crippen LogP contribution in [0.4, 0.5) is 14.5 Å². The van der Waals surface area contributed by atoms with Crippen molar-refractivity contribution >= 4 is 27.8 Å². The summed E-state index contributed by atoms with van der Waals surface area (Å²) in [5, 5.41) is 9.53. The quantitative estimate of drug-likeness (QED) is 0.829. The number of hydrogen-bond acceptors (Lipinski definition) is 2. The first kappa shape index (κ1) is 12.7. The van der Waals surface area contributed by atoms with Gasteiger partial charge in [0.15, 0.2) is 11.6 Å². The molecule has 0 spiro atoms. The van der Waals surface area contributed by atoms with Gasteiger partial charge < -0.3 is 5.11 Å². The molecule has 1 N–H and O–H groups in total. The number of phenols is 1. The molecule has 0 aliphatic carbocycles. The zero-order valence-corrected chi connectivity index (χ0v) is 10.7. The Balaban J connectivity index is 2.36. The van der Waals surface area contributed by atoms with Crippen molar-refractivity contribution in [2.45, 2.75) is 0 Å². The molecule has 2 aromatic rings. The van der Waals surface area contributed by atoms with Crippen molar-refractivity contribution in [1.29, 1.82) is 0 Å². The lowest BCUT2D eigenvalue weighted by atomic mass is 10.2. The molecule has 0 heterocycles. The van der Waals surface area contributed by atoms with Crippen molar-refractivity contribution in [2.24, 2.45) is 4.99 Å². The largest absolute Gasteiger partial charge is 0.506 e. The summed E-state index contributed by atoms with van der Waals surface area (Å²) in [6.07, 6.45) is 1.17. The molecule has 2 rings (SSSR count). The fourth-order valence-electron chi connectivity index (χ4n) is 1.36. The number of aromatic hydroxyl groups is 1. The van der Waals surface area contributed by atoms with Gasteiger partial charge in [-0.2, -0.15) is 0 Å². The molecular weight excluding hydrogens is 304 g/mol. The van der Waals surface area contributed by atoms with Gasteiger partial charge in [-0.05, 0) is 24.3 Å². The summed E-state index contributed by atoms with van der Waals surface area (Å²) in [6.45, 7) is 0. The van der Waals surface area contributed by atoms with Crippen LogP contribution in [0.15, 0.2) is 45.9 Å². The molecule has 0 radical (unpaired) electrons. The second kappa shape index (κ2) is 5.27. The summed E-state index contributed by atoms with van der Waals surface area (Å²) in [4.78, 5) is 3.93. The lowest BCUT2D eigenvalue weighted by Gasteiger charge is -2.00. The van der Waals surface area contributed by atoms with Crippen molar-refractivity contribution in [1.82, 2.24) is 0 Å². The van der Waals surface area contributed by atoms with Crippen LogP contribution in [0.5, 0.6) is 5.75 Å². The predicted octanol–water partition coefficient (Wildman–Crippen LogP) is 4.18. The molecule has 2 aromatic carbocycles.